The van der Waals surface area contributed by atoms with E-state index in [9.17, 15) is 14.9 Å². The molecule has 2 bridgehead atoms. The molecule has 1 amide bonds. The Hall–Kier alpha value is -3.36. The van der Waals surface area contributed by atoms with E-state index < -0.39 is 4.92 Å². The highest BCUT2D eigenvalue weighted by Crippen LogP contribution is 2.66. The van der Waals surface area contributed by atoms with Gasteiger partial charge in [-0.05, 0) is 66.8 Å². The third kappa shape index (κ3) is 2.56. The third-order valence-corrected chi connectivity index (χ3v) is 9.76. The summed E-state index contributed by atoms with van der Waals surface area (Å²) in [6.45, 7) is 2.70. The number of non-ortho nitro benzene ring substituents is 1. The number of rotatable bonds is 3. The first-order valence-electron chi connectivity index (χ1n) is 12.8. The van der Waals surface area contributed by atoms with Crippen LogP contribution in [0.2, 0.25) is 0 Å². The van der Waals surface area contributed by atoms with Gasteiger partial charge in [-0.2, -0.15) is 0 Å². The molecule has 8 nitrogen and oxygen atoms in total. The quantitative estimate of drug-likeness (QED) is 0.288. The predicted molar refractivity (Wildman–Crippen MR) is 134 cm³/mol. The number of benzene rings is 2. The van der Waals surface area contributed by atoms with Gasteiger partial charge < -0.3 is 9.64 Å². The maximum Gasteiger partial charge on any atom is 0.269 e. The van der Waals surface area contributed by atoms with Crippen molar-refractivity contribution < 1.29 is 14.5 Å². The Morgan fingerprint density at radius 1 is 1.19 bits per heavy atom. The molecule has 2 aromatic carbocycles. The molecule has 0 aromatic heterocycles. The Morgan fingerprint density at radius 3 is 2.89 bits per heavy atom. The number of carbonyl (C=O) groups is 1. The predicted octanol–water partition coefficient (Wildman–Crippen LogP) is 3.75. The smallest absolute Gasteiger partial charge is 0.269 e. The molecule has 0 radical (unpaired) electrons. The summed E-state index contributed by atoms with van der Waals surface area (Å²) in [5.74, 6) is 1.02. The minimum Gasteiger partial charge on any atom is -0.373 e. The first-order valence-corrected chi connectivity index (χ1v) is 12.8. The van der Waals surface area contributed by atoms with Crippen LogP contribution in [0.25, 0.3) is 0 Å². The summed E-state index contributed by atoms with van der Waals surface area (Å²) < 4.78 is 6.32. The average molecular weight is 483 g/mol. The first kappa shape index (κ1) is 20.8. The normalized spacial score (nSPS) is 35.6. The van der Waals surface area contributed by atoms with Crippen LogP contribution in [-0.4, -0.2) is 59.8 Å². The van der Waals surface area contributed by atoms with Gasteiger partial charge in [0.15, 0.2) is 0 Å². The summed E-state index contributed by atoms with van der Waals surface area (Å²) >= 11 is 0. The number of nitrogens with zero attached hydrogens (tertiary/aromatic N) is 4. The number of amides is 1. The Labute approximate surface area is 208 Å². The zero-order valence-corrected chi connectivity index (χ0v) is 19.7. The minimum atomic E-state index is -0.399. The first-order chi connectivity index (χ1) is 17.5. The fourth-order valence-corrected chi connectivity index (χ4v) is 8.45. The number of hydrogen-bond donors (Lipinski definition) is 0. The number of fused-ring (bicyclic) bond motifs is 2. The second kappa shape index (κ2) is 7.11. The molecule has 5 aliphatic heterocycles. The number of carbonyl (C=O) groups excluding carboxylic acids is 1. The number of aliphatic imine (C=N–C) groups is 1. The van der Waals surface area contributed by atoms with Crippen LogP contribution in [-0.2, 0) is 14.9 Å². The van der Waals surface area contributed by atoms with Crippen molar-refractivity contribution in [1.29, 1.82) is 0 Å². The zero-order valence-electron chi connectivity index (χ0n) is 19.7. The summed E-state index contributed by atoms with van der Waals surface area (Å²) in [4.78, 5) is 33.6. The molecule has 8 rings (SSSR count). The Kier molecular flexibility index (Phi) is 4.11. The van der Waals surface area contributed by atoms with Gasteiger partial charge in [-0.25, -0.2) is 0 Å². The molecule has 1 spiro atoms. The maximum atomic E-state index is 13.6. The molecule has 1 aliphatic carbocycles. The second-order valence-corrected chi connectivity index (χ2v) is 11.1. The fourth-order valence-electron chi connectivity index (χ4n) is 8.45. The Bertz CT molecular complexity index is 1380. The summed E-state index contributed by atoms with van der Waals surface area (Å²) in [6, 6.07) is 13.3. The van der Waals surface area contributed by atoms with Crippen molar-refractivity contribution in [2.24, 2.45) is 16.8 Å². The van der Waals surface area contributed by atoms with Crippen LogP contribution >= 0.6 is 0 Å². The zero-order chi connectivity index (χ0) is 24.2. The molecule has 4 fully saturated rings. The van der Waals surface area contributed by atoms with Crippen molar-refractivity contribution in [2.45, 2.75) is 42.9 Å². The van der Waals surface area contributed by atoms with E-state index in [1.54, 1.807) is 18.3 Å². The lowest BCUT2D eigenvalue weighted by Gasteiger charge is -2.58. The molecule has 6 atom stereocenters. The van der Waals surface area contributed by atoms with Crippen LogP contribution in [0, 0.1) is 22.0 Å². The van der Waals surface area contributed by atoms with Crippen molar-refractivity contribution in [3.05, 3.63) is 75.4 Å². The monoisotopic (exact) mass is 482 g/mol. The number of ether oxygens (including phenoxy) is 1. The topological polar surface area (TPSA) is 88.3 Å². The molecule has 36 heavy (non-hydrogen) atoms. The molecule has 0 unspecified atom stereocenters. The van der Waals surface area contributed by atoms with Crippen LogP contribution in [0.3, 0.4) is 0 Å². The van der Waals surface area contributed by atoms with E-state index in [0.717, 1.165) is 42.9 Å². The van der Waals surface area contributed by atoms with E-state index in [-0.39, 0.29) is 29.2 Å². The van der Waals surface area contributed by atoms with Gasteiger partial charge in [0.1, 0.15) is 0 Å². The van der Waals surface area contributed by atoms with Gasteiger partial charge in [-0.3, -0.25) is 24.8 Å². The molecule has 5 heterocycles. The number of hydrogen-bond acceptors (Lipinski definition) is 6. The lowest BCUT2D eigenvalue weighted by Crippen LogP contribution is -2.69. The molecular weight excluding hydrogens is 456 g/mol. The minimum absolute atomic E-state index is 0.00332. The van der Waals surface area contributed by atoms with E-state index in [0.29, 0.717) is 30.9 Å². The van der Waals surface area contributed by atoms with Gasteiger partial charge in [0.25, 0.3) is 5.69 Å². The van der Waals surface area contributed by atoms with Gasteiger partial charge in [-0.1, -0.05) is 11.6 Å². The number of nitro benzene ring substituents is 1. The Morgan fingerprint density at radius 2 is 2.06 bits per heavy atom. The number of anilines is 1. The van der Waals surface area contributed by atoms with E-state index in [2.05, 4.69) is 28.0 Å². The third-order valence-electron chi connectivity index (χ3n) is 9.76. The fraction of sp³-hybridized carbons (Fsp3) is 0.429. The largest absolute Gasteiger partial charge is 0.373 e. The van der Waals surface area contributed by atoms with E-state index in [1.807, 2.05) is 6.07 Å². The van der Waals surface area contributed by atoms with E-state index in [4.69, 9.17) is 9.73 Å². The molecule has 3 saturated heterocycles. The highest BCUT2D eigenvalue weighted by molar-refractivity contribution is 5.99. The standard InChI is InChI=1S/C28H26N4O4/c33-25-13-23-26-20-12-24-28(8-9-30(24)15-17(20)7-10-36-23)21-11-18(3-6-22(21)31(25)27(26)28)29-14-16-1-4-19(5-2-16)32(34)35/h1-7,11,14,20,23-24,26-27H,8-10,12-13,15H2/t20-,23-,24+,26+,27+,28+/m0/s1. The highest BCUT2D eigenvalue weighted by atomic mass is 16.6. The molecule has 0 N–H and O–H groups in total. The molecule has 8 heteroatoms. The van der Waals surface area contributed by atoms with Crippen molar-refractivity contribution in [3.63, 3.8) is 0 Å². The van der Waals surface area contributed by atoms with Crippen LogP contribution in [0.4, 0.5) is 17.1 Å². The van der Waals surface area contributed by atoms with E-state index in [1.165, 1.54) is 23.3 Å². The molecule has 182 valence electrons. The summed E-state index contributed by atoms with van der Waals surface area (Å²) in [7, 11) is 0. The summed E-state index contributed by atoms with van der Waals surface area (Å²) in [5.41, 5.74) is 5.49. The molecule has 1 saturated carbocycles. The van der Waals surface area contributed by atoms with Crippen LogP contribution in [0.15, 0.2) is 59.1 Å². The second-order valence-electron chi connectivity index (χ2n) is 11.1. The summed E-state index contributed by atoms with van der Waals surface area (Å²) in [6.07, 6.45) is 6.70. The van der Waals surface area contributed by atoms with Gasteiger partial charge in [0.05, 0.1) is 35.8 Å². The van der Waals surface area contributed by atoms with Gasteiger partial charge in [0, 0.05) is 48.0 Å². The lowest BCUT2D eigenvalue weighted by atomic mass is 9.53. The average Bonchev–Trinajstić information content (AvgIpc) is 3.35. The SMILES string of the molecule is O=C1C[C@@H]2OCC=C3CN4CC[C@]56c7cc(N=Cc8ccc([N+](=O)[O-])cc8)ccc7N1[C@@H]5[C@@H]2[C@H]3C[C@@H]46. The van der Waals surface area contributed by atoms with Crippen LogP contribution in [0.1, 0.15) is 30.4 Å². The van der Waals surface area contributed by atoms with Crippen molar-refractivity contribution in [1.82, 2.24) is 4.90 Å². The molecule has 6 aliphatic rings. The number of piperidine rings is 2. The lowest BCUT2D eigenvalue weighted by molar-refractivity contribution is -0.384. The number of nitro groups is 1. The maximum absolute atomic E-state index is 13.6. The van der Waals surface area contributed by atoms with E-state index >= 15 is 0 Å². The van der Waals surface area contributed by atoms with Gasteiger partial charge in [0.2, 0.25) is 5.91 Å². The molecule has 2 aromatic rings. The van der Waals surface area contributed by atoms with Gasteiger partial charge >= 0.3 is 0 Å². The Balaban J connectivity index is 1.23. The van der Waals surface area contributed by atoms with Crippen molar-refractivity contribution in [2.75, 3.05) is 24.6 Å². The van der Waals surface area contributed by atoms with Gasteiger partial charge in [-0.15, -0.1) is 0 Å². The highest BCUT2D eigenvalue weighted by Gasteiger charge is 2.71. The van der Waals surface area contributed by atoms with Crippen LogP contribution in [0.5, 0.6) is 0 Å². The van der Waals surface area contributed by atoms with Crippen molar-refractivity contribution >= 4 is 29.2 Å². The van der Waals surface area contributed by atoms with Crippen LogP contribution < -0.4 is 4.90 Å². The van der Waals surface area contributed by atoms with Crippen molar-refractivity contribution in [3.8, 4) is 0 Å². The molecular formula is C28H26N4O4. The summed E-state index contributed by atoms with van der Waals surface area (Å²) in [5, 5.41) is 10.9.